The Morgan fingerprint density at radius 1 is 1.53 bits per heavy atom. The molecule has 19 heavy (non-hydrogen) atoms. The topological polar surface area (TPSA) is 75.6 Å². The molecule has 1 rings (SSSR count). The molecule has 0 aliphatic carbocycles. The number of anilines is 1. The van der Waals surface area contributed by atoms with E-state index in [1.54, 1.807) is 0 Å². The highest BCUT2D eigenvalue weighted by Crippen LogP contribution is 2.39. The van der Waals surface area contributed by atoms with Crippen LogP contribution in [0.4, 0.5) is 23.0 Å². The maximum absolute atomic E-state index is 12.4. The Hall–Kier alpha value is -2.03. The average Bonchev–Trinajstić information content (AvgIpc) is 2.70. The third-order valence-corrected chi connectivity index (χ3v) is 2.89. The van der Waals surface area contributed by atoms with E-state index >= 15 is 0 Å². The first-order chi connectivity index (χ1) is 8.75. The fourth-order valence-corrected chi connectivity index (χ4v) is 1.95. The minimum absolute atomic E-state index is 0.113. The van der Waals surface area contributed by atoms with Gasteiger partial charge in [0.2, 0.25) is 0 Å². The average molecular weight is 295 g/mol. The lowest BCUT2D eigenvalue weighted by Crippen LogP contribution is -2.14. The summed E-state index contributed by atoms with van der Waals surface area (Å²) in [6, 6.07) is 0.454. The van der Waals surface area contributed by atoms with Gasteiger partial charge in [0.25, 0.3) is 0 Å². The van der Waals surface area contributed by atoms with Gasteiger partial charge in [-0.05, 0) is 6.07 Å². The van der Waals surface area contributed by atoms with Gasteiger partial charge in [0.05, 0.1) is 5.56 Å². The zero-order valence-electron chi connectivity index (χ0n) is 9.28. The predicted octanol–water partition coefficient (Wildman–Crippen LogP) is 3.20. The molecule has 0 fully saturated rings. The lowest BCUT2D eigenvalue weighted by molar-refractivity contribution is -0.134. The van der Waals surface area contributed by atoms with E-state index < -0.39 is 33.7 Å². The van der Waals surface area contributed by atoms with Crippen LogP contribution < -0.4 is 5.32 Å². The van der Waals surface area contributed by atoms with Crippen LogP contribution in [0.3, 0.4) is 0 Å². The van der Waals surface area contributed by atoms with Crippen molar-refractivity contribution in [2.24, 2.45) is 0 Å². The summed E-state index contributed by atoms with van der Waals surface area (Å²) in [6.45, 7) is 3.13. The van der Waals surface area contributed by atoms with Crippen LogP contribution >= 0.6 is 11.3 Å². The second-order valence-corrected chi connectivity index (χ2v) is 4.22. The molecule has 1 aromatic rings. The van der Waals surface area contributed by atoms with Crippen LogP contribution in [0, 0.1) is 0 Å². The van der Waals surface area contributed by atoms with Gasteiger partial charge in [-0.1, -0.05) is 12.7 Å². The molecule has 0 spiro atoms. The molecule has 0 aliphatic heterocycles. The van der Waals surface area contributed by atoms with Crippen molar-refractivity contribution < 1.29 is 32.6 Å². The molecule has 9 heteroatoms. The number of amides is 1. The number of hydrogen-bond donors (Lipinski definition) is 2. The Kier molecular flexibility index (Phi) is 4.54. The standard InChI is InChI=1S/C10H8F3NO4S/c1-2-3-18-9(17)14-7-5(8(15)16)4-6(19-7)10(11,12)13/h2,4H,1,3H2,(H,14,17)(H,15,16). The van der Waals surface area contributed by atoms with Crippen LogP contribution in [0.15, 0.2) is 18.7 Å². The van der Waals surface area contributed by atoms with E-state index in [4.69, 9.17) is 5.11 Å². The summed E-state index contributed by atoms with van der Waals surface area (Å²) in [4.78, 5) is 20.8. The third-order valence-electron chi connectivity index (χ3n) is 1.79. The molecule has 0 aromatic carbocycles. The Balaban J connectivity index is 2.99. The summed E-state index contributed by atoms with van der Waals surface area (Å²) in [5.41, 5.74) is -0.645. The number of thiophene rings is 1. The minimum atomic E-state index is -4.68. The van der Waals surface area contributed by atoms with Crippen LogP contribution in [-0.4, -0.2) is 23.8 Å². The fourth-order valence-electron chi connectivity index (χ4n) is 1.05. The molecular formula is C10H8F3NO4S. The molecule has 0 atom stereocenters. The largest absolute Gasteiger partial charge is 0.478 e. The van der Waals surface area contributed by atoms with Crippen LogP contribution in [0.5, 0.6) is 0 Å². The van der Waals surface area contributed by atoms with Gasteiger partial charge in [0.1, 0.15) is 16.5 Å². The summed E-state index contributed by atoms with van der Waals surface area (Å²) >= 11 is 0.113. The van der Waals surface area contributed by atoms with E-state index in [2.05, 4.69) is 11.3 Å². The molecule has 2 N–H and O–H groups in total. The SMILES string of the molecule is C=CCOC(=O)Nc1sc(C(F)(F)F)cc1C(=O)O. The summed E-state index contributed by atoms with van der Waals surface area (Å²) < 4.78 is 41.8. The highest BCUT2D eigenvalue weighted by atomic mass is 32.1. The molecule has 0 saturated heterocycles. The molecule has 1 heterocycles. The van der Waals surface area contributed by atoms with Crippen molar-refractivity contribution in [3.05, 3.63) is 29.2 Å². The van der Waals surface area contributed by atoms with Crippen LogP contribution in [0.1, 0.15) is 15.2 Å². The predicted molar refractivity (Wildman–Crippen MR) is 61.4 cm³/mol. The summed E-state index contributed by atoms with van der Waals surface area (Å²) in [5.74, 6) is -1.58. The summed E-state index contributed by atoms with van der Waals surface area (Å²) in [7, 11) is 0. The molecular weight excluding hydrogens is 287 g/mol. The third kappa shape index (κ3) is 3.98. The second-order valence-electron chi connectivity index (χ2n) is 3.17. The van der Waals surface area contributed by atoms with Gasteiger partial charge >= 0.3 is 18.2 Å². The first-order valence-corrected chi connectivity index (χ1v) is 5.56. The smallest absolute Gasteiger partial charge is 0.425 e. The number of ether oxygens (including phenoxy) is 1. The maximum atomic E-state index is 12.4. The zero-order valence-corrected chi connectivity index (χ0v) is 10.1. The number of rotatable bonds is 4. The normalized spacial score (nSPS) is 10.9. The number of nitrogens with one attached hydrogen (secondary N) is 1. The van der Waals surface area contributed by atoms with E-state index in [1.807, 2.05) is 5.32 Å². The molecule has 104 valence electrons. The number of alkyl halides is 3. The zero-order chi connectivity index (χ0) is 14.6. The van der Waals surface area contributed by atoms with Crippen molar-refractivity contribution in [3.63, 3.8) is 0 Å². The van der Waals surface area contributed by atoms with Crippen molar-refractivity contribution in [2.75, 3.05) is 11.9 Å². The van der Waals surface area contributed by atoms with Gasteiger partial charge in [0, 0.05) is 0 Å². The number of carbonyl (C=O) groups is 2. The quantitative estimate of drug-likeness (QED) is 0.836. The van der Waals surface area contributed by atoms with E-state index in [1.165, 1.54) is 6.08 Å². The Morgan fingerprint density at radius 3 is 2.63 bits per heavy atom. The lowest BCUT2D eigenvalue weighted by atomic mass is 10.3. The molecule has 1 aromatic heterocycles. The number of aromatic carboxylic acids is 1. The Morgan fingerprint density at radius 2 is 2.16 bits per heavy atom. The van der Waals surface area contributed by atoms with E-state index in [0.717, 1.165) is 0 Å². The fraction of sp³-hybridized carbons (Fsp3) is 0.200. The van der Waals surface area contributed by atoms with Gasteiger partial charge in [-0.25, -0.2) is 9.59 Å². The minimum Gasteiger partial charge on any atom is -0.478 e. The summed E-state index contributed by atoms with van der Waals surface area (Å²) in [5, 5.41) is 10.3. The van der Waals surface area contributed by atoms with Gasteiger partial charge in [0.15, 0.2) is 0 Å². The molecule has 1 amide bonds. The number of halogens is 3. The van der Waals surface area contributed by atoms with Crippen LogP contribution in [0.2, 0.25) is 0 Å². The van der Waals surface area contributed by atoms with Gasteiger partial charge in [-0.15, -0.1) is 11.3 Å². The van der Waals surface area contributed by atoms with Gasteiger partial charge in [-0.2, -0.15) is 13.2 Å². The van der Waals surface area contributed by atoms with E-state index in [0.29, 0.717) is 6.07 Å². The number of carbonyl (C=O) groups excluding carboxylic acids is 1. The molecule has 0 aliphatic rings. The monoisotopic (exact) mass is 295 g/mol. The van der Waals surface area contributed by atoms with Crippen molar-refractivity contribution in [1.82, 2.24) is 0 Å². The molecule has 0 radical (unpaired) electrons. The number of carboxylic acid groups (broad SMARTS) is 1. The summed E-state index contributed by atoms with van der Waals surface area (Å²) in [6.07, 6.45) is -4.48. The van der Waals surface area contributed by atoms with E-state index in [-0.39, 0.29) is 17.9 Å². The van der Waals surface area contributed by atoms with Crippen LogP contribution in [-0.2, 0) is 10.9 Å². The first-order valence-electron chi connectivity index (χ1n) is 4.74. The maximum Gasteiger partial charge on any atom is 0.425 e. The van der Waals surface area contributed by atoms with Crippen molar-refractivity contribution in [2.45, 2.75) is 6.18 Å². The Bertz CT molecular complexity index is 509. The second kappa shape index (κ2) is 5.74. The van der Waals surface area contributed by atoms with Crippen molar-refractivity contribution in [1.29, 1.82) is 0 Å². The molecule has 5 nitrogen and oxygen atoms in total. The molecule has 0 unspecified atom stereocenters. The number of carboxylic acids is 1. The lowest BCUT2D eigenvalue weighted by Gasteiger charge is -2.04. The van der Waals surface area contributed by atoms with Crippen LogP contribution in [0.25, 0.3) is 0 Å². The van der Waals surface area contributed by atoms with Gasteiger partial charge < -0.3 is 9.84 Å². The molecule has 0 saturated carbocycles. The van der Waals surface area contributed by atoms with E-state index in [9.17, 15) is 22.8 Å². The Labute approximate surface area is 109 Å². The number of hydrogen-bond acceptors (Lipinski definition) is 4. The highest BCUT2D eigenvalue weighted by Gasteiger charge is 2.35. The van der Waals surface area contributed by atoms with Crippen molar-refractivity contribution in [3.8, 4) is 0 Å². The first kappa shape index (κ1) is 15.0. The van der Waals surface area contributed by atoms with Gasteiger partial charge in [-0.3, -0.25) is 5.32 Å². The van der Waals surface area contributed by atoms with Crippen molar-refractivity contribution >= 4 is 28.4 Å². The highest BCUT2D eigenvalue weighted by molar-refractivity contribution is 7.16. The molecule has 0 bridgehead atoms.